The molecule has 1 fully saturated rings. The largest absolute Gasteiger partial charge is 0.330 e. The average molecular weight is 274 g/mol. The van der Waals surface area contributed by atoms with Crippen LogP contribution in [0.15, 0.2) is 29.2 Å². The Morgan fingerprint density at radius 3 is 2.67 bits per heavy atom. The van der Waals surface area contributed by atoms with E-state index in [-0.39, 0.29) is 10.8 Å². The monoisotopic (exact) mass is 274 g/mol. The molecule has 0 amide bonds. The van der Waals surface area contributed by atoms with Crippen LogP contribution in [0.25, 0.3) is 0 Å². The molecular weight excluding hydrogens is 259 g/mol. The van der Waals surface area contributed by atoms with Crippen molar-refractivity contribution in [1.29, 1.82) is 0 Å². The lowest BCUT2D eigenvalue weighted by atomic mass is 10.1. The van der Waals surface area contributed by atoms with E-state index in [2.05, 4.69) is 15.6 Å². The van der Waals surface area contributed by atoms with Gasteiger partial charge in [-0.1, -0.05) is 0 Å². The zero-order valence-electron chi connectivity index (χ0n) is 9.56. The second-order valence-corrected chi connectivity index (χ2v) is 5.79. The summed E-state index contributed by atoms with van der Waals surface area (Å²) in [7, 11) is -3.68. The van der Waals surface area contributed by atoms with Crippen LogP contribution in [0.3, 0.4) is 0 Å². The van der Waals surface area contributed by atoms with Gasteiger partial charge in [-0.2, -0.15) is 4.72 Å². The molecular formula is C10H15FN4O2S. The lowest BCUT2D eigenvalue weighted by Gasteiger charge is -2.18. The first-order chi connectivity index (χ1) is 8.53. The zero-order valence-corrected chi connectivity index (χ0v) is 10.4. The van der Waals surface area contributed by atoms with Gasteiger partial charge in [0.2, 0.25) is 10.0 Å². The van der Waals surface area contributed by atoms with E-state index in [0.29, 0.717) is 13.1 Å². The van der Waals surface area contributed by atoms with Crippen molar-refractivity contribution in [3.05, 3.63) is 30.1 Å². The Kier molecular flexibility index (Phi) is 3.93. The van der Waals surface area contributed by atoms with E-state index in [0.717, 1.165) is 12.1 Å². The maximum absolute atomic E-state index is 12.7. The molecule has 2 rings (SSSR count). The molecule has 100 valence electrons. The summed E-state index contributed by atoms with van der Waals surface area (Å²) >= 11 is 0. The predicted molar refractivity (Wildman–Crippen MR) is 64.2 cm³/mol. The molecule has 0 radical (unpaired) electrons. The van der Waals surface area contributed by atoms with Gasteiger partial charge in [0.25, 0.3) is 0 Å². The Morgan fingerprint density at radius 1 is 1.39 bits per heavy atom. The molecule has 6 nitrogen and oxygen atoms in total. The number of rotatable bonds is 4. The molecule has 1 aliphatic heterocycles. The fourth-order valence-electron chi connectivity index (χ4n) is 1.73. The highest BCUT2D eigenvalue weighted by atomic mass is 32.2. The Bertz CT molecular complexity index is 505. The Balaban J connectivity index is 2.14. The van der Waals surface area contributed by atoms with E-state index < -0.39 is 22.0 Å². The third kappa shape index (κ3) is 2.85. The van der Waals surface area contributed by atoms with Crippen LogP contribution in [0.1, 0.15) is 0 Å². The minimum atomic E-state index is -3.68. The second-order valence-electron chi connectivity index (χ2n) is 4.07. The summed E-state index contributed by atoms with van der Waals surface area (Å²) in [5, 5.41) is 0. The third-order valence-electron chi connectivity index (χ3n) is 2.80. The Hall–Kier alpha value is -1.06. The van der Waals surface area contributed by atoms with Crippen molar-refractivity contribution in [2.24, 2.45) is 11.7 Å². The maximum Gasteiger partial charge on any atom is 0.241 e. The van der Waals surface area contributed by atoms with Gasteiger partial charge in [0.1, 0.15) is 5.82 Å². The summed E-state index contributed by atoms with van der Waals surface area (Å²) in [5.41, 5.74) is 11.2. The molecule has 0 spiro atoms. The van der Waals surface area contributed by atoms with Gasteiger partial charge in [-0.25, -0.2) is 18.2 Å². The number of benzene rings is 1. The maximum atomic E-state index is 12.7. The first kappa shape index (κ1) is 13.4. The van der Waals surface area contributed by atoms with Crippen molar-refractivity contribution < 1.29 is 12.8 Å². The molecule has 0 aliphatic carbocycles. The van der Waals surface area contributed by atoms with Crippen LogP contribution < -0.4 is 21.3 Å². The molecule has 1 heterocycles. The van der Waals surface area contributed by atoms with Crippen molar-refractivity contribution in [2.75, 3.05) is 13.1 Å². The fourth-order valence-corrected chi connectivity index (χ4v) is 2.95. The zero-order chi connectivity index (χ0) is 13.2. The molecule has 2 atom stereocenters. The number of halogens is 1. The van der Waals surface area contributed by atoms with Crippen molar-refractivity contribution in [2.45, 2.75) is 11.1 Å². The average Bonchev–Trinajstić information content (AvgIpc) is 2.76. The number of nitrogens with two attached hydrogens (primary N) is 1. The fraction of sp³-hybridized carbons (Fsp3) is 0.400. The summed E-state index contributed by atoms with van der Waals surface area (Å²) < 4.78 is 39.3. The van der Waals surface area contributed by atoms with E-state index >= 15 is 0 Å². The lowest BCUT2D eigenvalue weighted by molar-refractivity contribution is 0.434. The van der Waals surface area contributed by atoms with E-state index in [1.54, 1.807) is 0 Å². The molecule has 18 heavy (non-hydrogen) atoms. The SMILES string of the molecule is NCC1CNNC1NS(=O)(=O)c1ccc(F)cc1. The molecule has 5 N–H and O–H groups in total. The molecule has 2 unspecified atom stereocenters. The third-order valence-corrected chi connectivity index (χ3v) is 4.26. The Morgan fingerprint density at radius 2 is 2.06 bits per heavy atom. The second kappa shape index (κ2) is 5.29. The van der Waals surface area contributed by atoms with Gasteiger partial charge in [-0.3, -0.25) is 5.43 Å². The standard InChI is InChI=1S/C10H15FN4O2S/c11-8-1-3-9(4-2-8)18(16,17)15-10-7(5-12)6-13-14-10/h1-4,7,10,13-15H,5-6,12H2. The van der Waals surface area contributed by atoms with Crippen LogP contribution in [0.5, 0.6) is 0 Å². The predicted octanol–water partition coefficient (Wildman–Crippen LogP) is -0.887. The number of hydrazine groups is 1. The van der Waals surface area contributed by atoms with Gasteiger partial charge in [-0.05, 0) is 30.8 Å². The minimum absolute atomic E-state index is 0.0216. The van der Waals surface area contributed by atoms with Crippen LogP contribution in [0.2, 0.25) is 0 Å². The van der Waals surface area contributed by atoms with Crippen molar-refractivity contribution in [3.63, 3.8) is 0 Å². The number of sulfonamides is 1. The van der Waals surface area contributed by atoms with Crippen molar-refractivity contribution in [1.82, 2.24) is 15.6 Å². The van der Waals surface area contributed by atoms with Gasteiger partial charge in [0.15, 0.2) is 0 Å². The number of nitrogens with one attached hydrogen (secondary N) is 3. The molecule has 0 bridgehead atoms. The first-order valence-electron chi connectivity index (χ1n) is 5.49. The number of hydrogen-bond acceptors (Lipinski definition) is 5. The van der Waals surface area contributed by atoms with E-state index in [1.165, 1.54) is 12.1 Å². The molecule has 1 saturated heterocycles. The minimum Gasteiger partial charge on any atom is -0.330 e. The summed E-state index contributed by atoms with van der Waals surface area (Å²) in [6.07, 6.45) is -0.468. The van der Waals surface area contributed by atoms with Gasteiger partial charge in [0.05, 0.1) is 11.1 Å². The van der Waals surface area contributed by atoms with Crippen molar-refractivity contribution in [3.8, 4) is 0 Å². The molecule has 0 saturated carbocycles. The quantitative estimate of drug-likeness (QED) is 0.571. The van der Waals surface area contributed by atoms with Gasteiger partial charge < -0.3 is 5.73 Å². The topological polar surface area (TPSA) is 96.2 Å². The summed E-state index contributed by atoms with van der Waals surface area (Å²) in [5.74, 6) is -0.505. The smallest absolute Gasteiger partial charge is 0.241 e. The molecule has 1 aromatic carbocycles. The number of hydrogen-bond donors (Lipinski definition) is 4. The normalized spacial score (nSPS) is 24.3. The van der Waals surface area contributed by atoms with E-state index in [1.807, 2.05) is 0 Å². The summed E-state index contributed by atoms with van der Waals surface area (Å²) in [4.78, 5) is 0.0216. The molecule has 0 aromatic heterocycles. The van der Waals surface area contributed by atoms with Gasteiger partial charge in [-0.15, -0.1) is 0 Å². The van der Waals surface area contributed by atoms with Gasteiger partial charge in [0, 0.05) is 12.5 Å². The highest BCUT2D eigenvalue weighted by Gasteiger charge is 2.29. The van der Waals surface area contributed by atoms with Crippen LogP contribution in [0, 0.1) is 11.7 Å². The molecule has 1 aromatic rings. The van der Waals surface area contributed by atoms with Crippen molar-refractivity contribution >= 4 is 10.0 Å². The summed E-state index contributed by atoms with van der Waals surface area (Å²) in [6, 6.07) is 4.65. The Labute approximate surface area is 105 Å². The van der Waals surface area contributed by atoms with E-state index in [9.17, 15) is 12.8 Å². The van der Waals surface area contributed by atoms with Crippen LogP contribution in [-0.2, 0) is 10.0 Å². The molecule has 8 heteroatoms. The lowest BCUT2D eigenvalue weighted by Crippen LogP contribution is -2.48. The molecule has 1 aliphatic rings. The van der Waals surface area contributed by atoms with Crippen LogP contribution in [-0.4, -0.2) is 27.7 Å². The summed E-state index contributed by atoms with van der Waals surface area (Å²) in [6.45, 7) is 0.948. The highest BCUT2D eigenvalue weighted by Crippen LogP contribution is 2.12. The van der Waals surface area contributed by atoms with Gasteiger partial charge >= 0.3 is 0 Å². The van der Waals surface area contributed by atoms with Crippen LogP contribution >= 0.6 is 0 Å². The highest BCUT2D eigenvalue weighted by molar-refractivity contribution is 7.89. The van der Waals surface area contributed by atoms with Crippen LogP contribution in [0.4, 0.5) is 4.39 Å². The first-order valence-corrected chi connectivity index (χ1v) is 6.97. The van der Waals surface area contributed by atoms with E-state index in [4.69, 9.17) is 5.73 Å².